The van der Waals surface area contributed by atoms with Crippen LogP contribution in [0.15, 0.2) is 67.0 Å². The molecule has 5 heteroatoms. The zero-order valence-corrected chi connectivity index (χ0v) is 15.6. The van der Waals surface area contributed by atoms with Gasteiger partial charge in [0.2, 0.25) is 5.91 Å². The van der Waals surface area contributed by atoms with Crippen molar-refractivity contribution in [1.82, 2.24) is 14.9 Å². The van der Waals surface area contributed by atoms with Gasteiger partial charge in [-0.3, -0.25) is 14.8 Å². The highest BCUT2D eigenvalue weighted by atomic mass is 19.1. The van der Waals surface area contributed by atoms with E-state index >= 15 is 0 Å². The number of nitrogens with zero attached hydrogens (tertiary/aromatic N) is 3. The van der Waals surface area contributed by atoms with Crippen LogP contribution in [0.25, 0.3) is 0 Å². The minimum Gasteiger partial charge on any atom is -0.334 e. The fourth-order valence-electron chi connectivity index (χ4n) is 3.77. The number of aromatic nitrogens is 2. The summed E-state index contributed by atoms with van der Waals surface area (Å²) < 4.78 is 14.0. The molecule has 3 aromatic rings. The van der Waals surface area contributed by atoms with Crippen LogP contribution in [0.4, 0.5) is 4.39 Å². The number of hydrogen-bond acceptors (Lipinski definition) is 3. The van der Waals surface area contributed by atoms with Gasteiger partial charge >= 0.3 is 0 Å². The summed E-state index contributed by atoms with van der Waals surface area (Å²) in [6.07, 6.45) is 6.08. The Labute approximate surface area is 164 Å². The monoisotopic (exact) mass is 375 g/mol. The Hall–Kier alpha value is -3.08. The number of hydrogen-bond donors (Lipinski definition) is 0. The Balaban J connectivity index is 1.51. The van der Waals surface area contributed by atoms with Crippen molar-refractivity contribution in [2.24, 2.45) is 0 Å². The van der Waals surface area contributed by atoms with E-state index in [9.17, 15) is 9.18 Å². The maximum Gasteiger partial charge on any atom is 0.227 e. The van der Waals surface area contributed by atoms with Crippen molar-refractivity contribution >= 4 is 5.91 Å². The molecule has 0 N–H and O–H groups in total. The summed E-state index contributed by atoms with van der Waals surface area (Å²) in [5, 5.41) is 0. The molecular weight excluding hydrogens is 353 g/mol. The third kappa shape index (κ3) is 4.09. The van der Waals surface area contributed by atoms with E-state index in [2.05, 4.69) is 4.98 Å². The van der Waals surface area contributed by atoms with E-state index in [0.717, 1.165) is 36.3 Å². The van der Waals surface area contributed by atoms with Crippen molar-refractivity contribution < 1.29 is 9.18 Å². The normalized spacial score (nSPS) is 16.3. The lowest BCUT2D eigenvalue weighted by Gasteiger charge is -2.25. The van der Waals surface area contributed by atoms with Gasteiger partial charge in [0.1, 0.15) is 5.82 Å². The van der Waals surface area contributed by atoms with Gasteiger partial charge < -0.3 is 4.90 Å². The van der Waals surface area contributed by atoms with E-state index in [1.807, 2.05) is 41.3 Å². The van der Waals surface area contributed by atoms with Gasteiger partial charge in [-0.2, -0.15) is 0 Å². The van der Waals surface area contributed by atoms with Crippen LogP contribution in [0, 0.1) is 5.82 Å². The van der Waals surface area contributed by atoms with E-state index in [4.69, 9.17) is 4.98 Å². The predicted octanol–water partition coefficient (Wildman–Crippen LogP) is 4.11. The molecule has 1 aliphatic rings. The molecule has 2 aromatic heterocycles. The fraction of sp³-hybridized carbons (Fsp3) is 0.261. The van der Waals surface area contributed by atoms with Crippen LogP contribution in [0.2, 0.25) is 0 Å². The van der Waals surface area contributed by atoms with Gasteiger partial charge in [-0.15, -0.1) is 0 Å². The summed E-state index contributed by atoms with van der Waals surface area (Å²) in [7, 11) is 0. The Morgan fingerprint density at radius 3 is 2.82 bits per heavy atom. The lowest BCUT2D eigenvalue weighted by atomic mass is 10.1. The summed E-state index contributed by atoms with van der Waals surface area (Å²) in [6.45, 7) is 0.739. The lowest BCUT2D eigenvalue weighted by molar-refractivity contribution is -0.131. The van der Waals surface area contributed by atoms with Crippen molar-refractivity contribution in [3.05, 3.63) is 95.3 Å². The molecule has 0 aliphatic carbocycles. The van der Waals surface area contributed by atoms with E-state index in [1.165, 1.54) is 6.07 Å². The van der Waals surface area contributed by atoms with Gasteiger partial charge in [-0.05, 0) is 48.2 Å². The third-order valence-corrected chi connectivity index (χ3v) is 5.15. The second kappa shape index (κ2) is 8.30. The molecule has 0 bridgehead atoms. The van der Waals surface area contributed by atoms with Crippen molar-refractivity contribution in [3.8, 4) is 0 Å². The fourth-order valence-corrected chi connectivity index (χ4v) is 3.77. The first-order valence-corrected chi connectivity index (χ1v) is 9.58. The van der Waals surface area contributed by atoms with Gasteiger partial charge in [0.05, 0.1) is 18.2 Å². The first-order chi connectivity index (χ1) is 13.7. The van der Waals surface area contributed by atoms with Crippen LogP contribution >= 0.6 is 0 Å². The zero-order chi connectivity index (χ0) is 19.3. The molecule has 1 aromatic carbocycles. The molecule has 0 spiro atoms. The summed E-state index contributed by atoms with van der Waals surface area (Å²) in [5.74, 6) is -0.124. The number of halogens is 1. The predicted molar refractivity (Wildman–Crippen MR) is 105 cm³/mol. The number of amides is 1. The Kier molecular flexibility index (Phi) is 5.42. The standard InChI is InChI=1S/C23H22FN3O/c24-20-9-2-1-7-18(20)15-19-8-3-10-21(26-19)22-11-5-13-27(22)23(28)14-17-6-4-12-25-16-17/h1-4,6-10,12,16,22H,5,11,13-15H2/t22-/m0/s1. The van der Waals surface area contributed by atoms with E-state index in [0.29, 0.717) is 18.4 Å². The maximum atomic E-state index is 14.0. The Morgan fingerprint density at radius 2 is 2.00 bits per heavy atom. The third-order valence-electron chi connectivity index (χ3n) is 5.15. The second-order valence-electron chi connectivity index (χ2n) is 7.11. The largest absolute Gasteiger partial charge is 0.334 e. The highest BCUT2D eigenvalue weighted by Gasteiger charge is 2.30. The molecule has 1 aliphatic heterocycles. The quantitative estimate of drug-likeness (QED) is 0.674. The van der Waals surface area contributed by atoms with Crippen LogP contribution in [0.1, 0.15) is 41.4 Å². The van der Waals surface area contributed by atoms with Crippen LogP contribution in [-0.2, 0) is 17.6 Å². The van der Waals surface area contributed by atoms with Crippen molar-refractivity contribution in [2.45, 2.75) is 31.7 Å². The molecule has 1 atom stereocenters. The maximum absolute atomic E-state index is 14.0. The summed E-state index contributed by atoms with van der Waals surface area (Å²) in [5.41, 5.74) is 3.24. The van der Waals surface area contributed by atoms with Crippen molar-refractivity contribution in [1.29, 1.82) is 0 Å². The highest BCUT2D eigenvalue weighted by molar-refractivity contribution is 5.79. The molecular formula is C23H22FN3O. The second-order valence-corrected chi connectivity index (χ2v) is 7.11. The van der Waals surface area contributed by atoms with Crippen LogP contribution < -0.4 is 0 Å². The number of benzene rings is 1. The first kappa shape index (κ1) is 18.3. The number of likely N-dealkylation sites (tertiary alicyclic amines) is 1. The molecule has 3 heterocycles. The Morgan fingerprint density at radius 1 is 1.11 bits per heavy atom. The van der Waals surface area contributed by atoms with Crippen LogP contribution in [-0.4, -0.2) is 27.3 Å². The number of rotatable bonds is 5. The minimum absolute atomic E-state index is 0.0234. The Bertz CT molecular complexity index is 961. The molecule has 1 amide bonds. The lowest BCUT2D eigenvalue weighted by Crippen LogP contribution is -2.32. The molecule has 1 fully saturated rings. The molecule has 0 saturated carbocycles. The van der Waals surface area contributed by atoms with Crippen molar-refractivity contribution in [2.75, 3.05) is 6.54 Å². The molecule has 4 rings (SSSR count). The minimum atomic E-state index is -0.219. The topological polar surface area (TPSA) is 46.1 Å². The smallest absolute Gasteiger partial charge is 0.227 e. The SMILES string of the molecule is O=C(Cc1cccnc1)N1CCC[C@H]1c1cccc(Cc2ccccc2F)n1. The molecule has 4 nitrogen and oxygen atoms in total. The molecule has 0 radical (unpaired) electrons. The molecule has 28 heavy (non-hydrogen) atoms. The highest BCUT2D eigenvalue weighted by Crippen LogP contribution is 2.31. The molecule has 142 valence electrons. The summed E-state index contributed by atoms with van der Waals surface area (Å²) >= 11 is 0. The van der Waals surface area contributed by atoms with Crippen molar-refractivity contribution in [3.63, 3.8) is 0 Å². The van der Waals surface area contributed by atoms with E-state index < -0.39 is 0 Å². The van der Waals surface area contributed by atoms with Crippen LogP contribution in [0.3, 0.4) is 0 Å². The van der Waals surface area contributed by atoms with E-state index in [1.54, 1.807) is 24.5 Å². The van der Waals surface area contributed by atoms with Gasteiger partial charge in [0.15, 0.2) is 0 Å². The summed E-state index contributed by atoms with van der Waals surface area (Å²) in [6, 6.07) is 16.3. The number of carbonyl (C=O) groups excluding carboxylic acids is 1. The zero-order valence-electron chi connectivity index (χ0n) is 15.6. The summed E-state index contributed by atoms with van der Waals surface area (Å²) in [4.78, 5) is 23.6. The van der Waals surface area contributed by atoms with Gasteiger partial charge in [0.25, 0.3) is 0 Å². The molecule has 1 saturated heterocycles. The first-order valence-electron chi connectivity index (χ1n) is 9.58. The average Bonchev–Trinajstić information content (AvgIpc) is 3.21. The molecule has 0 unspecified atom stereocenters. The van der Waals surface area contributed by atoms with Gasteiger partial charge in [0, 0.05) is 31.1 Å². The average molecular weight is 375 g/mol. The van der Waals surface area contributed by atoms with Gasteiger partial charge in [-0.25, -0.2) is 4.39 Å². The number of carbonyl (C=O) groups is 1. The van der Waals surface area contributed by atoms with E-state index in [-0.39, 0.29) is 17.8 Å². The van der Waals surface area contributed by atoms with Gasteiger partial charge in [-0.1, -0.05) is 30.3 Å². The van der Waals surface area contributed by atoms with Crippen LogP contribution in [0.5, 0.6) is 0 Å². The number of pyridine rings is 2.